The second-order valence-corrected chi connectivity index (χ2v) is 4.54. The van der Waals surface area contributed by atoms with E-state index in [0.717, 1.165) is 0 Å². The Hall–Kier alpha value is -2.49. The van der Waals surface area contributed by atoms with E-state index in [4.69, 9.17) is 0 Å². The maximum atomic E-state index is 11.8. The van der Waals surface area contributed by atoms with Gasteiger partial charge in [-0.3, -0.25) is 4.79 Å². The second-order valence-electron chi connectivity index (χ2n) is 4.54. The summed E-state index contributed by atoms with van der Waals surface area (Å²) in [6.07, 6.45) is 1.28. The van der Waals surface area contributed by atoms with E-state index >= 15 is 0 Å². The molecule has 0 radical (unpaired) electrons. The van der Waals surface area contributed by atoms with E-state index in [0.29, 0.717) is 30.5 Å². The number of phenols is 2. The van der Waals surface area contributed by atoms with Gasteiger partial charge in [-0.1, -0.05) is 18.2 Å². The molecule has 3 N–H and O–H groups in total. The molecule has 104 valence electrons. The number of hydrogen-bond donors (Lipinski definition) is 3. The summed E-state index contributed by atoms with van der Waals surface area (Å²) in [5.41, 5.74) is 1.31. The Bertz CT molecular complexity index is 582. The van der Waals surface area contributed by atoms with Gasteiger partial charge in [-0.2, -0.15) is 0 Å². The highest BCUT2D eigenvalue weighted by Gasteiger charge is 2.05. The molecule has 0 saturated carbocycles. The summed E-state index contributed by atoms with van der Waals surface area (Å²) in [5, 5.41) is 21.8. The Morgan fingerprint density at radius 3 is 2.55 bits per heavy atom. The molecule has 4 nitrogen and oxygen atoms in total. The largest absolute Gasteiger partial charge is 0.508 e. The van der Waals surface area contributed by atoms with E-state index in [1.807, 2.05) is 18.2 Å². The lowest BCUT2D eigenvalue weighted by Crippen LogP contribution is -2.24. The smallest absolute Gasteiger partial charge is 0.251 e. The summed E-state index contributed by atoms with van der Waals surface area (Å²) in [5.74, 6) is 0.189. The molecule has 2 aromatic carbocycles. The quantitative estimate of drug-likeness (QED) is 0.578. The molecule has 1 amide bonds. The van der Waals surface area contributed by atoms with Gasteiger partial charge in [0.15, 0.2) is 0 Å². The van der Waals surface area contributed by atoms with Crippen LogP contribution in [-0.2, 0) is 6.42 Å². The third-order valence-electron chi connectivity index (χ3n) is 3.01. The molecule has 0 fully saturated rings. The van der Waals surface area contributed by atoms with Crippen molar-refractivity contribution in [3.05, 3.63) is 59.7 Å². The van der Waals surface area contributed by atoms with Crippen molar-refractivity contribution in [1.82, 2.24) is 5.32 Å². The summed E-state index contributed by atoms with van der Waals surface area (Å²) < 4.78 is 0. The maximum Gasteiger partial charge on any atom is 0.251 e. The Morgan fingerprint density at radius 2 is 1.80 bits per heavy atom. The summed E-state index contributed by atoms with van der Waals surface area (Å²) in [6, 6.07) is 13.5. The molecular formula is C16H17NO3. The first-order valence-corrected chi connectivity index (χ1v) is 6.51. The van der Waals surface area contributed by atoms with E-state index in [1.54, 1.807) is 12.1 Å². The zero-order chi connectivity index (χ0) is 14.4. The van der Waals surface area contributed by atoms with E-state index in [1.165, 1.54) is 18.2 Å². The molecule has 0 aliphatic carbocycles. The SMILES string of the molecule is O=C(NCCCc1cc(O)ccc1O)c1ccccc1. The van der Waals surface area contributed by atoms with Gasteiger partial charge < -0.3 is 15.5 Å². The maximum absolute atomic E-state index is 11.8. The highest BCUT2D eigenvalue weighted by molar-refractivity contribution is 5.94. The summed E-state index contributed by atoms with van der Waals surface area (Å²) in [6.45, 7) is 0.517. The highest BCUT2D eigenvalue weighted by atomic mass is 16.3. The number of carbonyl (C=O) groups is 1. The number of phenolic OH excluding ortho intramolecular Hbond substituents is 2. The molecule has 0 aromatic heterocycles. The van der Waals surface area contributed by atoms with Gasteiger partial charge in [-0.25, -0.2) is 0 Å². The van der Waals surface area contributed by atoms with Crippen molar-refractivity contribution in [2.45, 2.75) is 12.8 Å². The molecule has 0 spiro atoms. The van der Waals surface area contributed by atoms with Gasteiger partial charge in [0.1, 0.15) is 11.5 Å². The Labute approximate surface area is 117 Å². The van der Waals surface area contributed by atoms with Gasteiger partial charge >= 0.3 is 0 Å². The zero-order valence-corrected chi connectivity index (χ0v) is 11.0. The van der Waals surface area contributed by atoms with Crippen LogP contribution in [0.5, 0.6) is 11.5 Å². The van der Waals surface area contributed by atoms with Crippen LogP contribution >= 0.6 is 0 Å². The van der Waals surface area contributed by atoms with Crippen LogP contribution < -0.4 is 5.32 Å². The molecular weight excluding hydrogens is 254 g/mol. The number of hydrogen-bond acceptors (Lipinski definition) is 3. The Balaban J connectivity index is 1.79. The predicted octanol–water partition coefficient (Wildman–Crippen LogP) is 2.46. The van der Waals surface area contributed by atoms with Crippen LogP contribution in [0.4, 0.5) is 0 Å². The lowest BCUT2D eigenvalue weighted by molar-refractivity contribution is 0.0953. The van der Waals surface area contributed by atoms with Crippen LogP contribution in [0, 0.1) is 0 Å². The standard InChI is InChI=1S/C16H17NO3/c18-14-8-9-15(19)13(11-14)7-4-10-17-16(20)12-5-2-1-3-6-12/h1-3,5-6,8-9,11,18-19H,4,7,10H2,(H,17,20). The topological polar surface area (TPSA) is 69.6 Å². The predicted molar refractivity (Wildman–Crippen MR) is 76.9 cm³/mol. The first-order chi connectivity index (χ1) is 9.66. The average Bonchev–Trinajstić information content (AvgIpc) is 2.47. The third-order valence-corrected chi connectivity index (χ3v) is 3.01. The third kappa shape index (κ3) is 3.75. The fourth-order valence-electron chi connectivity index (χ4n) is 1.94. The fourth-order valence-corrected chi connectivity index (χ4v) is 1.94. The van der Waals surface area contributed by atoms with Crippen molar-refractivity contribution in [3.8, 4) is 11.5 Å². The van der Waals surface area contributed by atoms with Crippen LogP contribution in [-0.4, -0.2) is 22.7 Å². The van der Waals surface area contributed by atoms with Crippen molar-refractivity contribution in [3.63, 3.8) is 0 Å². The summed E-state index contributed by atoms with van der Waals surface area (Å²) >= 11 is 0. The van der Waals surface area contributed by atoms with Crippen molar-refractivity contribution < 1.29 is 15.0 Å². The molecule has 0 aliphatic heterocycles. The minimum atomic E-state index is -0.106. The van der Waals surface area contributed by atoms with Crippen LogP contribution in [0.2, 0.25) is 0 Å². The number of aromatic hydroxyl groups is 2. The first-order valence-electron chi connectivity index (χ1n) is 6.51. The van der Waals surface area contributed by atoms with Gasteiger partial charge in [0, 0.05) is 12.1 Å². The fraction of sp³-hybridized carbons (Fsp3) is 0.188. The number of amides is 1. The molecule has 0 atom stereocenters. The van der Waals surface area contributed by atoms with Crippen LogP contribution in [0.1, 0.15) is 22.3 Å². The van der Waals surface area contributed by atoms with Gasteiger partial charge in [0.05, 0.1) is 0 Å². The Kier molecular flexibility index (Phi) is 4.60. The molecule has 2 aromatic rings. The number of rotatable bonds is 5. The van der Waals surface area contributed by atoms with E-state index in [9.17, 15) is 15.0 Å². The lowest BCUT2D eigenvalue weighted by atomic mass is 10.1. The molecule has 0 unspecified atom stereocenters. The monoisotopic (exact) mass is 271 g/mol. The molecule has 4 heteroatoms. The normalized spacial score (nSPS) is 10.2. The van der Waals surface area contributed by atoms with Crippen molar-refractivity contribution in [2.75, 3.05) is 6.54 Å². The number of carbonyl (C=O) groups excluding carboxylic acids is 1. The average molecular weight is 271 g/mol. The van der Waals surface area contributed by atoms with Gasteiger partial charge in [0.25, 0.3) is 5.91 Å². The van der Waals surface area contributed by atoms with Gasteiger partial charge in [-0.05, 0) is 48.7 Å². The molecule has 20 heavy (non-hydrogen) atoms. The van der Waals surface area contributed by atoms with Crippen LogP contribution in [0.25, 0.3) is 0 Å². The molecule has 0 bridgehead atoms. The minimum Gasteiger partial charge on any atom is -0.508 e. The second kappa shape index (κ2) is 6.61. The van der Waals surface area contributed by atoms with E-state index < -0.39 is 0 Å². The first kappa shape index (κ1) is 13.9. The zero-order valence-electron chi connectivity index (χ0n) is 11.0. The van der Waals surface area contributed by atoms with Crippen molar-refractivity contribution in [1.29, 1.82) is 0 Å². The van der Waals surface area contributed by atoms with Crippen molar-refractivity contribution in [2.24, 2.45) is 0 Å². The number of aryl methyl sites for hydroxylation is 1. The number of benzene rings is 2. The van der Waals surface area contributed by atoms with Crippen LogP contribution in [0.15, 0.2) is 48.5 Å². The highest BCUT2D eigenvalue weighted by Crippen LogP contribution is 2.22. The molecule has 0 saturated heterocycles. The molecule has 2 rings (SSSR count). The summed E-state index contributed by atoms with van der Waals surface area (Å²) in [7, 11) is 0. The lowest BCUT2D eigenvalue weighted by Gasteiger charge is -2.07. The minimum absolute atomic E-state index is 0.106. The molecule has 0 aliphatic rings. The summed E-state index contributed by atoms with van der Waals surface area (Å²) in [4.78, 5) is 11.8. The van der Waals surface area contributed by atoms with Gasteiger partial charge in [-0.15, -0.1) is 0 Å². The van der Waals surface area contributed by atoms with E-state index in [2.05, 4.69) is 5.32 Å². The Morgan fingerprint density at radius 1 is 1.05 bits per heavy atom. The molecule has 0 heterocycles. The van der Waals surface area contributed by atoms with Crippen LogP contribution in [0.3, 0.4) is 0 Å². The number of nitrogens with one attached hydrogen (secondary N) is 1. The van der Waals surface area contributed by atoms with Crippen molar-refractivity contribution >= 4 is 5.91 Å². The van der Waals surface area contributed by atoms with E-state index in [-0.39, 0.29) is 17.4 Å². The van der Waals surface area contributed by atoms with Gasteiger partial charge in [0.2, 0.25) is 0 Å².